The molecule has 104 valence electrons. The number of anilines is 1. The Kier molecular flexibility index (Phi) is 3.81. The molecule has 3 nitrogen and oxygen atoms in total. The normalized spacial score (nSPS) is 16.8. The number of halogens is 1. The molecule has 6 heteroatoms. The lowest BCUT2D eigenvalue weighted by Crippen LogP contribution is -2.28. The van der Waals surface area contributed by atoms with E-state index in [-0.39, 0.29) is 11.6 Å². The van der Waals surface area contributed by atoms with Crippen LogP contribution in [0, 0.1) is 5.82 Å². The van der Waals surface area contributed by atoms with Crippen molar-refractivity contribution in [3.8, 4) is 0 Å². The fourth-order valence-electron chi connectivity index (χ4n) is 1.92. The zero-order valence-electron chi connectivity index (χ0n) is 10.7. The van der Waals surface area contributed by atoms with Gasteiger partial charge in [0.1, 0.15) is 5.82 Å². The van der Waals surface area contributed by atoms with Gasteiger partial charge in [-0.15, -0.1) is 0 Å². The molecule has 1 aromatic heterocycles. The summed E-state index contributed by atoms with van der Waals surface area (Å²) in [5.41, 5.74) is 1.03. The maximum atomic E-state index is 13.9. The molecule has 1 fully saturated rings. The smallest absolute Gasteiger partial charge is 0.268 e. The van der Waals surface area contributed by atoms with Gasteiger partial charge in [0.25, 0.3) is 5.91 Å². The Labute approximate surface area is 130 Å². The van der Waals surface area contributed by atoms with E-state index in [0.717, 1.165) is 17.3 Å². The summed E-state index contributed by atoms with van der Waals surface area (Å²) in [5, 5.41) is 0. The third-order valence-electron chi connectivity index (χ3n) is 2.89. The van der Waals surface area contributed by atoms with Crippen molar-refractivity contribution in [2.45, 2.75) is 0 Å². The highest BCUT2D eigenvalue weighted by Crippen LogP contribution is 2.36. The molecule has 0 spiro atoms. The standard InChI is InChI=1S/C15H9FN2OS2/c16-11-3-1-2-4-12(11)18-14(19)13(21-15(18)20)9-10-5-7-17-8-6-10/h1-9H/b13-9-. The number of hydrogen-bond donors (Lipinski definition) is 0. The molecule has 0 N–H and O–H groups in total. The summed E-state index contributed by atoms with van der Waals surface area (Å²) in [7, 11) is 0. The largest absolute Gasteiger partial charge is 0.270 e. The number of carbonyl (C=O) groups excluding carboxylic acids is 1. The van der Waals surface area contributed by atoms with E-state index in [9.17, 15) is 9.18 Å². The van der Waals surface area contributed by atoms with E-state index in [2.05, 4.69) is 4.98 Å². The van der Waals surface area contributed by atoms with Crippen LogP contribution in [0.2, 0.25) is 0 Å². The highest BCUT2D eigenvalue weighted by atomic mass is 32.2. The van der Waals surface area contributed by atoms with Crippen LogP contribution in [-0.2, 0) is 4.79 Å². The Morgan fingerprint density at radius 3 is 2.62 bits per heavy atom. The molecule has 2 heterocycles. The number of hydrogen-bond acceptors (Lipinski definition) is 4. The molecule has 1 aromatic carbocycles. The van der Waals surface area contributed by atoms with E-state index in [1.165, 1.54) is 17.0 Å². The highest BCUT2D eigenvalue weighted by molar-refractivity contribution is 8.27. The summed E-state index contributed by atoms with van der Waals surface area (Å²) < 4.78 is 14.2. The summed E-state index contributed by atoms with van der Waals surface area (Å²) in [4.78, 5) is 18.1. The third kappa shape index (κ3) is 2.72. The van der Waals surface area contributed by atoms with Gasteiger partial charge in [-0.25, -0.2) is 4.39 Å². The zero-order valence-corrected chi connectivity index (χ0v) is 12.3. The van der Waals surface area contributed by atoms with Crippen molar-refractivity contribution in [3.63, 3.8) is 0 Å². The molecular formula is C15H9FN2OS2. The van der Waals surface area contributed by atoms with Crippen molar-refractivity contribution in [2.24, 2.45) is 0 Å². The first-order chi connectivity index (χ1) is 10.2. The molecule has 1 aliphatic rings. The van der Waals surface area contributed by atoms with Crippen molar-refractivity contribution < 1.29 is 9.18 Å². The topological polar surface area (TPSA) is 33.2 Å². The summed E-state index contributed by atoms with van der Waals surface area (Å²) in [5.74, 6) is -0.786. The summed E-state index contributed by atoms with van der Waals surface area (Å²) in [6.45, 7) is 0. The van der Waals surface area contributed by atoms with Crippen LogP contribution in [0.5, 0.6) is 0 Å². The molecule has 0 unspecified atom stereocenters. The average Bonchev–Trinajstić information content (AvgIpc) is 2.76. The predicted octanol–water partition coefficient (Wildman–Crippen LogP) is 3.63. The van der Waals surface area contributed by atoms with Gasteiger partial charge in [-0.2, -0.15) is 0 Å². The number of thioether (sulfide) groups is 1. The Morgan fingerprint density at radius 1 is 1.19 bits per heavy atom. The minimum Gasteiger partial charge on any atom is -0.268 e. The summed E-state index contributed by atoms with van der Waals surface area (Å²) in [6, 6.07) is 9.66. The first-order valence-corrected chi connectivity index (χ1v) is 7.32. The van der Waals surface area contributed by atoms with Gasteiger partial charge in [0.05, 0.1) is 10.6 Å². The van der Waals surface area contributed by atoms with Gasteiger partial charge in [0.2, 0.25) is 0 Å². The monoisotopic (exact) mass is 316 g/mol. The summed E-state index contributed by atoms with van der Waals surface area (Å²) >= 11 is 6.36. The van der Waals surface area contributed by atoms with E-state index in [1.807, 2.05) is 0 Å². The summed E-state index contributed by atoms with van der Waals surface area (Å²) in [6.07, 6.45) is 5.01. The van der Waals surface area contributed by atoms with Crippen LogP contribution < -0.4 is 4.90 Å². The quantitative estimate of drug-likeness (QED) is 0.626. The van der Waals surface area contributed by atoms with Crippen LogP contribution in [0.15, 0.2) is 53.7 Å². The zero-order chi connectivity index (χ0) is 14.8. The van der Waals surface area contributed by atoms with Gasteiger partial charge in [0.15, 0.2) is 4.32 Å². The van der Waals surface area contributed by atoms with E-state index in [0.29, 0.717) is 9.23 Å². The van der Waals surface area contributed by atoms with Crippen LogP contribution in [0.25, 0.3) is 6.08 Å². The van der Waals surface area contributed by atoms with Crippen LogP contribution in [-0.4, -0.2) is 15.2 Å². The van der Waals surface area contributed by atoms with E-state index >= 15 is 0 Å². The number of nitrogens with zero attached hydrogens (tertiary/aromatic N) is 2. The fourth-order valence-corrected chi connectivity index (χ4v) is 3.20. The first-order valence-electron chi connectivity index (χ1n) is 6.09. The molecule has 3 rings (SSSR count). The van der Waals surface area contributed by atoms with Crippen LogP contribution in [0.1, 0.15) is 5.56 Å². The van der Waals surface area contributed by atoms with E-state index in [4.69, 9.17) is 12.2 Å². The number of benzene rings is 1. The Hall–Kier alpha value is -2.05. The SMILES string of the molecule is O=C1/C(=C/c2ccncc2)SC(=S)N1c1ccccc1F. The molecule has 0 atom stereocenters. The van der Waals surface area contributed by atoms with E-state index < -0.39 is 5.82 Å². The lowest BCUT2D eigenvalue weighted by Gasteiger charge is -2.14. The Balaban J connectivity index is 1.97. The van der Waals surface area contributed by atoms with Crippen molar-refractivity contribution in [3.05, 3.63) is 65.1 Å². The number of para-hydroxylation sites is 1. The van der Waals surface area contributed by atoms with Crippen molar-refractivity contribution in [1.29, 1.82) is 0 Å². The minimum atomic E-state index is -0.473. The number of pyridine rings is 1. The predicted molar refractivity (Wildman–Crippen MR) is 86.3 cm³/mol. The lowest BCUT2D eigenvalue weighted by molar-refractivity contribution is -0.113. The Morgan fingerprint density at radius 2 is 1.90 bits per heavy atom. The molecule has 1 saturated heterocycles. The molecular weight excluding hydrogens is 307 g/mol. The Bertz CT molecular complexity index is 746. The first kappa shape index (κ1) is 13.9. The number of rotatable bonds is 2. The highest BCUT2D eigenvalue weighted by Gasteiger charge is 2.34. The molecule has 0 bridgehead atoms. The van der Waals surface area contributed by atoms with Crippen LogP contribution in [0.3, 0.4) is 0 Å². The van der Waals surface area contributed by atoms with Gasteiger partial charge in [-0.05, 0) is 35.9 Å². The maximum absolute atomic E-state index is 13.9. The molecule has 2 aromatic rings. The molecule has 0 aliphatic carbocycles. The fraction of sp³-hybridized carbons (Fsp3) is 0. The molecule has 0 radical (unpaired) electrons. The number of amides is 1. The minimum absolute atomic E-state index is 0.179. The second kappa shape index (κ2) is 5.75. The van der Waals surface area contributed by atoms with Crippen molar-refractivity contribution >= 4 is 46.0 Å². The van der Waals surface area contributed by atoms with Crippen molar-refractivity contribution in [2.75, 3.05) is 4.90 Å². The van der Waals surface area contributed by atoms with Crippen LogP contribution in [0.4, 0.5) is 10.1 Å². The second-order valence-corrected chi connectivity index (χ2v) is 5.92. The average molecular weight is 316 g/mol. The number of carbonyl (C=O) groups is 1. The van der Waals surface area contributed by atoms with Gasteiger partial charge in [0, 0.05) is 12.4 Å². The molecule has 21 heavy (non-hydrogen) atoms. The van der Waals surface area contributed by atoms with Crippen LogP contribution >= 0.6 is 24.0 Å². The second-order valence-electron chi connectivity index (χ2n) is 4.25. The third-order valence-corrected chi connectivity index (χ3v) is 4.19. The molecule has 0 saturated carbocycles. The van der Waals surface area contributed by atoms with Gasteiger partial charge >= 0.3 is 0 Å². The lowest BCUT2D eigenvalue weighted by atomic mass is 10.2. The number of aromatic nitrogens is 1. The number of thiocarbonyl (C=S) groups is 1. The van der Waals surface area contributed by atoms with Gasteiger partial charge < -0.3 is 0 Å². The van der Waals surface area contributed by atoms with Gasteiger partial charge in [-0.3, -0.25) is 14.7 Å². The molecule has 1 amide bonds. The maximum Gasteiger partial charge on any atom is 0.270 e. The van der Waals surface area contributed by atoms with Crippen molar-refractivity contribution in [1.82, 2.24) is 4.98 Å². The molecule has 1 aliphatic heterocycles. The van der Waals surface area contributed by atoms with Gasteiger partial charge in [-0.1, -0.05) is 36.1 Å². The van der Waals surface area contributed by atoms with E-state index in [1.54, 1.807) is 42.7 Å².